The fourth-order valence-corrected chi connectivity index (χ4v) is 7.85. The highest BCUT2D eigenvalue weighted by Crippen LogP contribution is 2.45. The summed E-state index contributed by atoms with van der Waals surface area (Å²) in [5.74, 6) is -4.06. The number of nitrogens with two attached hydrogens (primary N) is 2. The zero-order chi connectivity index (χ0) is 36.6. The second kappa shape index (κ2) is 14.0. The van der Waals surface area contributed by atoms with Crippen LogP contribution in [0.5, 0.6) is 0 Å². The summed E-state index contributed by atoms with van der Waals surface area (Å²) in [6.07, 6.45) is 5.89. The van der Waals surface area contributed by atoms with E-state index in [1.54, 1.807) is 0 Å². The minimum Gasteiger partial charge on any atom is -0.478 e. The first kappa shape index (κ1) is 35.3. The largest absolute Gasteiger partial charge is 0.478 e. The molecule has 0 bridgehead atoms. The van der Waals surface area contributed by atoms with Crippen LogP contribution in [0.15, 0.2) is 76.8 Å². The number of rotatable bonds is 14. The van der Waals surface area contributed by atoms with E-state index in [0.29, 0.717) is 24.3 Å². The molecule has 3 aromatic heterocycles. The first-order valence-corrected chi connectivity index (χ1v) is 17.7. The number of amides is 1. The topological polar surface area (TPSA) is 231 Å². The number of carboxylic acids is 2. The fraction of sp³-hybridized carbons (Fsp3) is 0.294. The number of hydrogen-bond acceptors (Lipinski definition) is 11. The Bertz CT molecular complexity index is 2140. The van der Waals surface area contributed by atoms with Crippen molar-refractivity contribution in [2.75, 3.05) is 11.5 Å². The van der Waals surface area contributed by atoms with Crippen molar-refractivity contribution >= 4 is 74.3 Å². The van der Waals surface area contributed by atoms with Crippen LogP contribution in [-0.4, -0.2) is 76.6 Å². The zero-order valence-corrected chi connectivity index (χ0v) is 29.2. The molecule has 1 amide bonds. The number of nitrogens with one attached hydrogen (secondary N) is 1. The Morgan fingerprint density at radius 2 is 1.88 bits per heavy atom. The van der Waals surface area contributed by atoms with Crippen molar-refractivity contribution in [3.05, 3.63) is 88.5 Å². The molecular formula is C34H35N8O7S2+. The molecule has 1 fully saturated rings. The number of oxime groups is 1. The van der Waals surface area contributed by atoms with E-state index in [4.69, 9.17) is 21.7 Å². The number of benzene rings is 1. The summed E-state index contributed by atoms with van der Waals surface area (Å²) in [4.78, 5) is 61.5. The molecular weight excluding hydrogens is 697 g/mol. The number of carboxylic acid groups (broad SMARTS) is 2. The summed E-state index contributed by atoms with van der Waals surface area (Å²) in [7, 11) is 0. The molecule has 6 rings (SSSR count). The maximum Gasteiger partial charge on any atom is 0.352 e. The van der Waals surface area contributed by atoms with E-state index in [0.717, 1.165) is 33.4 Å². The van der Waals surface area contributed by atoms with Crippen molar-refractivity contribution in [2.45, 2.75) is 50.8 Å². The van der Waals surface area contributed by atoms with Crippen molar-refractivity contribution in [3.8, 4) is 0 Å². The number of aliphatic carboxylic acids is 2. The number of ketones is 1. The number of aromatic nitrogens is 3. The molecule has 0 unspecified atom stereocenters. The van der Waals surface area contributed by atoms with Gasteiger partial charge < -0.3 is 31.1 Å². The number of β-lactam (4-membered cyclic amide) rings is 1. The molecule has 2 atom stereocenters. The minimum absolute atomic E-state index is 0.0844. The lowest BCUT2D eigenvalue weighted by atomic mass is 9.89. The van der Waals surface area contributed by atoms with E-state index < -0.39 is 40.5 Å². The second-order valence-electron chi connectivity index (χ2n) is 12.7. The first-order valence-electron chi connectivity index (χ1n) is 15.7. The highest BCUT2D eigenvalue weighted by molar-refractivity contribution is 8.00. The van der Waals surface area contributed by atoms with Gasteiger partial charge in [-0.3, -0.25) is 19.9 Å². The Kier molecular flexibility index (Phi) is 9.68. The summed E-state index contributed by atoms with van der Waals surface area (Å²) in [6, 6.07) is 11.9. The van der Waals surface area contributed by atoms with Gasteiger partial charge in [0.05, 0.1) is 28.0 Å². The van der Waals surface area contributed by atoms with Crippen molar-refractivity contribution in [2.24, 2.45) is 16.8 Å². The third-order valence-electron chi connectivity index (χ3n) is 8.59. The van der Waals surface area contributed by atoms with Crippen molar-refractivity contribution in [1.82, 2.24) is 14.5 Å². The van der Waals surface area contributed by atoms with E-state index in [2.05, 4.69) is 14.7 Å². The van der Waals surface area contributed by atoms with Gasteiger partial charge in [-0.05, 0) is 31.0 Å². The Labute approximate surface area is 299 Å². The van der Waals surface area contributed by atoms with Crippen LogP contribution in [0.4, 0.5) is 5.13 Å². The molecule has 15 nitrogen and oxygen atoms in total. The summed E-state index contributed by atoms with van der Waals surface area (Å²) in [6.45, 7) is 3.42. The minimum atomic E-state index is -1.75. The van der Waals surface area contributed by atoms with E-state index in [9.17, 15) is 29.4 Å². The molecule has 5 heterocycles. The summed E-state index contributed by atoms with van der Waals surface area (Å²) >= 11 is 2.43. The molecule has 1 aromatic carbocycles. The number of fused-ring (bicyclic) bond motifs is 2. The van der Waals surface area contributed by atoms with Crippen LogP contribution >= 0.6 is 23.1 Å². The van der Waals surface area contributed by atoms with Gasteiger partial charge in [-0.25, -0.2) is 19.1 Å². The van der Waals surface area contributed by atoms with Crippen molar-refractivity contribution in [3.63, 3.8) is 0 Å². The van der Waals surface area contributed by atoms with Gasteiger partial charge in [0, 0.05) is 48.4 Å². The molecule has 4 aromatic rings. The molecule has 17 heteroatoms. The number of Topliss-reactive ketones (excluding diaryl/α,β-unsaturated/α-hetero) is 1. The van der Waals surface area contributed by atoms with Crippen LogP contribution in [0.3, 0.4) is 0 Å². The maximum absolute atomic E-state index is 13.5. The van der Waals surface area contributed by atoms with Crippen molar-refractivity contribution < 1.29 is 38.8 Å². The number of carbonyl (C=O) groups is 4. The predicted molar refractivity (Wildman–Crippen MR) is 190 cm³/mol. The van der Waals surface area contributed by atoms with Gasteiger partial charge in [0.1, 0.15) is 11.4 Å². The lowest BCUT2D eigenvalue weighted by Crippen LogP contribution is -2.62. The Hall–Kier alpha value is -5.55. The molecule has 0 saturated carbocycles. The number of thioether (sulfide) groups is 1. The summed E-state index contributed by atoms with van der Waals surface area (Å²) < 4.78 is 4.00. The lowest BCUT2D eigenvalue weighted by Gasteiger charge is -2.49. The van der Waals surface area contributed by atoms with Gasteiger partial charge in [0.2, 0.25) is 11.5 Å². The van der Waals surface area contributed by atoms with E-state index in [1.165, 1.54) is 35.9 Å². The van der Waals surface area contributed by atoms with Crippen LogP contribution in [0.1, 0.15) is 37.1 Å². The maximum atomic E-state index is 13.5. The van der Waals surface area contributed by atoms with Gasteiger partial charge in [-0.2, -0.15) is 0 Å². The third-order valence-corrected chi connectivity index (χ3v) is 10.7. The van der Waals surface area contributed by atoms with E-state index in [1.807, 2.05) is 59.6 Å². The molecule has 51 heavy (non-hydrogen) atoms. The van der Waals surface area contributed by atoms with Gasteiger partial charge in [0.15, 0.2) is 35.6 Å². The van der Waals surface area contributed by atoms with Crippen LogP contribution in [0.2, 0.25) is 0 Å². The van der Waals surface area contributed by atoms with Crippen LogP contribution in [0, 0.1) is 11.3 Å². The molecule has 7 N–H and O–H groups in total. The Morgan fingerprint density at radius 1 is 1.16 bits per heavy atom. The zero-order valence-electron chi connectivity index (χ0n) is 27.6. The normalized spacial score (nSPS) is 17.6. The lowest BCUT2D eigenvalue weighted by molar-refractivity contribution is -0.687. The fourth-order valence-electron chi connectivity index (χ4n) is 5.90. The average Bonchev–Trinajstić information content (AvgIpc) is 3.69. The molecule has 0 aliphatic carbocycles. The average molecular weight is 732 g/mol. The number of anilines is 1. The van der Waals surface area contributed by atoms with Gasteiger partial charge in [-0.15, -0.1) is 23.1 Å². The third kappa shape index (κ3) is 7.34. The Balaban J connectivity index is 1.17. The number of nitrogen functional groups attached to an aromatic ring is 1. The van der Waals surface area contributed by atoms with Gasteiger partial charge >= 0.3 is 11.9 Å². The quantitative estimate of drug-likeness (QED) is 0.0416. The molecule has 2 aliphatic rings. The highest BCUT2D eigenvalue weighted by Gasteiger charge is 2.54. The standard InChI is InChI=1S/C34H34N8O7S2/c1-34(2,32(47)48)49-39-27(23-17-51-33(37)38-23)25(43)12-22-29(44)42-28(31(45)46)21(16-50-30(22)42)15-40-9-8-24-20(14-40)7-10-41(24)13-19-5-3-18(4-6-19)11-26(35)36/h3-10,14,17,22,30H,11-13,15-16H2,1-2H3,(H6-,35,36,37,38,45,46,47,48)/p+1/b39-27-/t22-,30-/m1/s1. The number of pyridine rings is 1. The van der Waals surface area contributed by atoms with Gasteiger partial charge in [0.25, 0.3) is 0 Å². The second-order valence-corrected chi connectivity index (χ2v) is 14.7. The smallest absolute Gasteiger partial charge is 0.352 e. The summed E-state index contributed by atoms with van der Waals surface area (Å²) in [5.41, 5.74) is 12.8. The molecule has 1 saturated heterocycles. The van der Waals surface area contributed by atoms with Crippen LogP contribution in [0.25, 0.3) is 10.9 Å². The first-order chi connectivity index (χ1) is 24.2. The number of amidine groups is 1. The number of carbonyl (C=O) groups excluding carboxylic acids is 2. The van der Waals surface area contributed by atoms with Crippen molar-refractivity contribution in [1.29, 1.82) is 5.41 Å². The Morgan fingerprint density at radius 3 is 2.53 bits per heavy atom. The number of hydrogen-bond donors (Lipinski definition) is 5. The van der Waals surface area contributed by atoms with Crippen LogP contribution in [-0.2, 0) is 43.5 Å². The molecule has 0 radical (unpaired) electrons. The van der Waals surface area contributed by atoms with E-state index >= 15 is 0 Å². The predicted octanol–water partition coefficient (Wildman–Crippen LogP) is 2.61. The molecule has 264 valence electrons. The van der Waals surface area contributed by atoms with Crippen LogP contribution < -0.4 is 16.0 Å². The SMILES string of the molecule is CC(C)(O/N=C(\C(=O)C[C@@H]1C(=O)N2C(C(=O)O)=C(C[n+]3ccc4c(ccn4Cc4ccc(CC(=N)N)cc4)c3)CS[C@H]12)c1csc(N)n1)C(=O)O. The summed E-state index contributed by atoms with van der Waals surface area (Å²) in [5, 5.41) is 33.0. The van der Waals surface area contributed by atoms with E-state index in [-0.39, 0.29) is 41.0 Å². The molecule has 0 spiro atoms. The molecule has 2 aliphatic heterocycles. The monoisotopic (exact) mass is 731 g/mol. The highest BCUT2D eigenvalue weighted by atomic mass is 32.2. The van der Waals surface area contributed by atoms with Gasteiger partial charge in [-0.1, -0.05) is 29.4 Å². The number of thiazole rings is 1. The number of nitrogens with zero attached hydrogens (tertiary/aromatic N) is 5.